The first kappa shape index (κ1) is 24.4. The third-order valence-electron chi connectivity index (χ3n) is 5.81. The molecular formula is C24H27F3N4O2S. The molecule has 1 aliphatic rings. The van der Waals surface area contributed by atoms with Crippen molar-refractivity contribution in [2.45, 2.75) is 68.7 Å². The summed E-state index contributed by atoms with van der Waals surface area (Å²) in [7, 11) is 0. The molecule has 2 aromatic heterocycles. The average molecular weight is 493 g/mol. The lowest BCUT2D eigenvalue weighted by molar-refractivity contribution is -0.137. The van der Waals surface area contributed by atoms with Crippen LogP contribution in [0.1, 0.15) is 56.9 Å². The minimum Gasteiger partial charge on any atom is -0.461 e. The molecule has 182 valence electrons. The standard InChI is InChI=1S/C24H27F3N4O2S/c25-24(26,27)17-8-6-11-19(16-17)31-22(20-12-7-14-33-20)29-30-23(31)34-15-5-4-13-21(32)28-18-9-2-1-3-10-18/h6-8,11-12,14,16,18H,1-5,9-10,13,15H2,(H,28,32). The van der Waals surface area contributed by atoms with E-state index in [4.69, 9.17) is 4.42 Å². The SMILES string of the molecule is O=C(CCCCSc1nnc(-c2ccco2)n1-c1cccc(C(F)(F)F)c1)NC1CCCCC1. The third kappa shape index (κ3) is 6.22. The summed E-state index contributed by atoms with van der Waals surface area (Å²) in [6, 6.07) is 8.75. The lowest BCUT2D eigenvalue weighted by atomic mass is 9.95. The van der Waals surface area contributed by atoms with Crippen LogP contribution in [-0.4, -0.2) is 32.5 Å². The molecule has 0 atom stereocenters. The van der Waals surface area contributed by atoms with Gasteiger partial charge in [-0.1, -0.05) is 37.1 Å². The van der Waals surface area contributed by atoms with Crippen molar-refractivity contribution in [2.75, 3.05) is 5.75 Å². The summed E-state index contributed by atoms with van der Waals surface area (Å²) < 4.78 is 46.9. The van der Waals surface area contributed by atoms with Gasteiger partial charge in [0.15, 0.2) is 10.9 Å². The number of alkyl halides is 3. The Bertz CT molecular complexity index is 1080. The van der Waals surface area contributed by atoms with Crippen LogP contribution in [-0.2, 0) is 11.0 Å². The molecule has 0 bridgehead atoms. The van der Waals surface area contributed by atoms with Crippen molar-refractivity contribution in [3.63, 3.8) is 0 Å². The Balaban J connectivity index is 1.40. The summed E-state index contributed by atoms with van der Waals surface area (Å²) in [6.45, 7) is 0. The van der Waals surface area contributed by atoms with Gasteiger partial charge in [0.25, 0.3) is 0 Å². The lowest BCUT2D eigenvalue weighted by Crippen LogP contribution is -2.35. The predicted molar refractivity (Wildman–Crippen MR) is 124 cm³/mol. The van der Waals surface area contributed by atoms with Crippen LogP contribution in [0.15, 0.2) is 52.2 Å². The molecule has 1 saturated carbocycles. The smallest absolute Gasteiger partial charge is 0.416 e. The van der Waals surface area contributed by atoms with Crippen molar-refractivity contribution in [2.24, 2.45) is 0 Å². The van der Waals surface area contributed by atoms with E-state index in [1.807, 2.05) is 0 Å². The molecule has 34 heavy (non-hydrogen) atoms. The van der Waals surface area contributed by atoms with E-state index in [2.05, 4.69) is 15.5 Å². The molecule has 1 N–H and O–H groups in total. The highest BCUT2D eigenvalue weighted by atomic mass is 32.2. The van der Waals surface area contributed by atoms with E-state index in [9.17, 15) is 18.0 Å². The zero-order valence-corrected chi connectivity index (χ0v) is 19.5. The highest BCUT2D eigenvalue weighted by Crippen LogP contribution is 2.33. The molecule has 2 heterocycles. The third-order valence-corrected chi connectivity index (χ3v) is 6.82. The molecule has 0 aliphatic heterocycles. The fourth-order valence-electron chi connectivity index (χ4n) is 4.08. The van der Waals surface area contributed by atoms with E-state index in [1.165, 1.54) is 43.4 Å². The molecular weight excluding hydrogens is 465 g/mol. The maximum atomic E-state index is 13.3. The zero-order valence-electron chi connectivity index (χ0n) is 18.7. The lowest BCUT2D eigenvalue weighted by Gasteiger charge is -2.22. The highest BCUT2D eigenvalue weighted by Gasteiger charge is 2.31. The molecule has 3 aromatic rings. The van der Waals surface area contributed by atoms with E-state index in [-0.39, 0.29) is 5.91 Å². The molecule has 1 aromatic carbocycles. The Hall–Kier alpha value is -2.75. The fraction of sp³-hybridized carbons (Fsp3) is 0.458. The Kier molecular flexibility index (Phi) is 7.97. The van der Waals surface area contributed by atoms with E-state index in [0.29, 0.717) is 40.6 Å². The van der Waals surface area contributed by atoms with Gasteiger partial charge in [-0.25, -0.2) is 0 Å². The number of furan rings is 1. The van der Waals surface area contributed by atoms with Gasteiger partial charge < -0.3 is 9.73 Å². The number of nitrogens with one attached hydrogen (secondary N) is 1. The van der Waals surface area contributed by atoms with E-state index < -0.39 is 11.7 Å². The van der Waals surface area contributed by atoms with Crippen LogP contribution in [0, 0.1) is 0 Å². The number of unbranched alkanes of at least 4 members (excludes halogenated alkanes) is 1. The summed E-state index contributed by atoms with van der Waals surface area (Å²) in [5.41, 5.74) is -0.440. The number of nitrogens with zero attached hydrogens (tertiary/aromatic N) is 3. The van der Waals surface area contributed by atoms with Crippen molar-refractivity contribution < 1.29 is 22.4 Å². The van der Waals surface area contributed by atoms with E-state index in [1.54, 1.807) is 22.8 Å². The number of thioether (sulfide) groups is 1. The highest BCUT2D eigenvalue weighted by molar-refractivity contribution is 7.99. The normalized spacial score (nSPS) is 14.9. The van der Waals surface area contributed by atoms with Crippen molar-refractivity contribution >= 4 is 17.7 Å². The van der Waals surface area contributed by atoms with Crippen LogP contribution >= 0.6 is 11.8 Å². The molecule has 0 unspecified atom stereocenters. The number of halogens is 3. The van der Waals surface area contributed by atoms with Crippen molar-refractivity contribution in [1.82, 2.24) is 20.1 Å². The first-order valence-corrected chi connectivity index (χ1v) is 12.5. The maximum absolute atomic E-state index is 13.3. The van der Waals surface area contributed by atoms with Gasteiger partial charge in [0.2, 0.25) is 11.7 Å². The first-order chi connectivity index (χ1) is 16.4. The van der Waals surface area contributed by atoms with Gasteiger partial charge in [0, 0.05) is 18.2 Å². The van der Waals surface area contributed by atoms with Gasteiger partial charge in [-0.2, -0.15) is 13.2 Å². The largest absolute Gasteiger partial charge is 0.461 e. The summed E-state index contributed by atoms with van der Waals surface area (Å²) in [5, 5.41) is 12.0. The minimum atomic E-state index is -4.46. The Morgan fingerprint density at radius 3 is 2.68 bits per heavy atom. The Morgan fingerprint density at radius 2 is 1.94 bits per heavy atom. The second-order valence-electron chi connectivity index (χ2n) is 8.37. The number of hydrogen-bond donors (Lipinski definition) is 1. The van der Waals surface area contributed by atoms with Gasteiger partial charge in [-0.3, -0.25) is 9.36 Å². The van der Waals surface area contributed by atoms with Gasteiger partial charge in [0.1, 0.15) is 0 Å². The van der Waals surface area contributed by atoms with E-state index in [0.717, 1.165) is 37.8 Å². The Labute approximate surface area is 200 Å². The summed E-state index contributed by atoms with van der Waals surface area (Å²) in [5.74, 6) is 1.49. The second-order valence-corrected chi connectivity index (χ2v) is 9.44. The maximum Gasteiger partial charge on any atom is 0.416 e. The second kappa shape index (κ2) is 11.1. The van der Waals surface area contributed by atoms with Gasteiger partial charge in [-0.15, -0.1) is 10.2 Å². The molecule has 6 nitrogen and oxygen atoms in total. The molecule has 1 amide bonds. The number of rotatable bonds is 9. The Morgan fingerprint density at radius 1 is 1.12 bits per heavy atom. The predicted octanol–water partition coefficient (Wildman–Crippen LogP) is 6.26. The van der Waals surface area contributed by atoms with Gasteiger partial charge in [-0.05, 0) is 56.0 Å². The van der Waals surface area contributed by atoms with Crippen LogP contribution in [0.25, 0.3) is 17.3 Å². The minimum absolute atomic E-state index is 0.0872. The van der Waals surface area contributed by atoms with Crippen LogP contribution in [0.2, 0.25) is 0 Å². The summed E-state index contributed by atoms with van der Waals surface area (Å²) >= 11 is 1.40. The first-order valence-electron chi connectivity index (χ1n) is 11.5. The fourth-order valence-corrected chi connectivity index (χ4v) is 5.03. The number of benzene rings is 1. The van der Waals surface area contributed by atoms with Crippen molar-refractivity contribution in [3.05, 3.63) is 48.2 Å². The molecule has 10 heteroatoms. The molecule has 0 saturated heterocycles. The molecule has 0 spiro atoms. The van der Waals surface area contributed by atoms with E-state index >= 15 is 0 Å². The number of carbonyl (C=O) groups is 1. The number of hydrogen-bond acceptors (Lipinski definition) is 5. The monoisotopic (exact) mass is 492 g/mol. The molecule has 4 rings (SSSR count). The van der Waals surface area contributed by atoms with Crippen LogP contribution < -0.4 is 5.32 Å². The van der Waals surface area contributed by atoms with Crippen molar-refractivity contribution in [3.8, 4) is 17.3 Å². The van der Waals surface area contributed by atoms with Crippen molar-refractivity contribution in [1.29, 1.82) is 0 Å². The molecule has 1 fully saturated rings. The number of aromatic nitrogens is 3. The molecule has 0 radical (unpaired) electrons. The summed E-state index contributed by atoms with van der Waals surface area (Å²) in [6.07, 6.45) is 4.71. The summed E-state index contributed by atoms with van der Waals surface area (Å²) in [4.78, 5) is 12.2. The van der Waals surface area contributed by atoms with Crippen LogP contribution in [0.5, 0.6) is 0 Å². The van der Waals surface area contributed by atoms with Gasteiger partial charge >= 0.3 is 6.18 Å². The number of carbonyl (C=O) groups excluding carboxylic acids is 1. The van der Waals surface area contributed by atoms with Gasteiger partial charge in [0.05, 0.1) is 17.5 Å². The zero-order chi connectivity index (χ0) is 24.0. The molecule has 1 aliphatic carbocycles. The average Bonchev–Trinajstić information content (AvgIpc) is 3.49. The van der Waals surface area contributed by atoms with Crippen LogP contribution in [0.4, 0.5) is 13.2 Å². The topological polar surface area (TPSA) is 73.0 Å². The van der Waals surface area contributed by atoms with Crippen LogP contribution in [0.3, 0.4) is 0 Å². The number of amides is 1. The quantitative estimate of drug-likeness (QED) is 0.282.